The van der Waals surface area contributed by atoms with Gasteiger partial charge in [-0.1, -0.05) is 6.07 Å². The van der Waals surface area contributed by atoms with Crippen LogP contribution in [0.15, 0.2) is 24.3 Å². The van der Waals surface area contributed by atoms with Crippen molar-refractivity contribution in [2.24, 2.45) is 0 Å². The molecule has 0 saturated heterocycles. The van der Waals surface area contributed by atoms with Gasteiger partial charge in [-0.05, 0) is 24.6 Å². The number of benzene rings is 1. The predicted molar refractivity (Wildman–Crippen MR) is 73.0 cm³/mol. The van der Waals surface area contributed by atoms with Crippen molar-refractivity contribution in [3.8, 4) is 0 Å². The number of rotatable bonds is 9. The van der Waals surface area contributed by atoms with Crippen LogP contribution in [0.2, 0.25) is 0 Å². The predicted octanol–water partition coefficient (Wildman–Crippen LogP) is 1.17. The summed E-state index contributed by atoms with van der Waals surface area (Å²) in [5.41, 5.74) is 0.436. The largest absolute Gasteiger partial charge is 0.478 e. The van der Waals surface area contributed by atoms with E-state index in [9.17, 15) is 9.59 Å². The summed E-state index contributed by atoms with van der Waals surface area (Å²) in [4.78, 5) is 22.6. The molecule has 0 radical (unpaired) electrons. The van der Waals surface area contributed by atoms with Gasteiger partial charge in [-0.25, -0.2) is 4.79 Å². The Labute approximate surface area is 117 Å². The van der Waals surface area contributed by atoms with Crippen LogP contribution in [0.4, 0.5) is 0 Å². The molecule has 0 saturated carbocycles. The molecule has 0 bridgehead atoms. The van der Waals surface area contributed by atoms with Gasteiger partial charge in [0.25, 0.3) is 5.91 Å². The van der Waals surface area contributed by atoms with E-state index in [0.29, 0.717) is 38.3 Å². The van der Waals surface area contributed by atoms with E-state index in [1.165, 1.54) is 12.1 Å². The normalized spacial score (nSPS) is 10.2. The second-order valence-electron chi connectivity index (χ2n) is 4.10. The Morgan fingerprint density at radius 1 is 1.20 bits per heavy atom. The SMILES string of the molecule is COCCOCCCNC(=O)c1cccc(C(=O)O)c1. The first-order chi connectivity index (χ1) is 9.65. The Morgan fingerprint density at radius 3 is 2.65 bits per heavy atom. The third kappa shape index (κ3) is 5.81. The lowest BCUT2D eigenvalue weighted by Gasteiger charge is -2.06. The molecule has 0 aromatic heterocycles. The zero-order valence-electron chi connectivity index (χ0n) is 11.4. The van der Waals surface area contributed by atoms with E-state index in [4.69, 9.17) is 14.6 Å². The van der Waals surface area contributed by atoms with Crippen LogP contribution in [0.3, 0.4) is 0 Å². The molecule has 1 aromatic carbocycles. The number of aromatic carboxylic acids is 1. The first-order valence-corrected chi connectivity index (χ1v) is 6.33. The van der Waals surface area contributed by atoms with Gasteiger partial charge < -0.3 is 19.9 Å². The average molecular weight is 281 g/mol. The Balaban J connectivity index is 2.29. The summed E-state index contributed by atoms with van der Waals surface area (Å²) >= 11 is 0. The number of nitrogens with one attached hydrogen (secondary N) is 1. The van der Waals surface area contributed by atoms with E-state index < -0.39 is 5.97 Å². The summed E-state index contributed by atoms with van der Waals surface area (Å²) in [6.07, 6.45) is 0.689. The molecule has 6 nitrogen and oxygen atoms in total. The Kier molecular flexibility index (Phi) is 7.31. The van der Waals surface area contributed by atoms with Gasteiger partial charge in [-0.3, -0.25) is 4.79 Å². The van der Waals surface area contributed by atoms with Crippen LogP contribution in [0.25, 0.3) is 0 Å². The van der Waals surface area contributed by atoms with E-state index in [1.54, 1.807) is 19.2 Å². The second-order valence-corrected chi connectivity index (χ2v) is 4.10. The molecule has 110 valence electrons. The van der Waals surface area contributed by atoms with Gasteiger partial charge in [0.05, 0.1) is 18.8 Å². The Hall–Kier alpha value is -1.92. The number of carboxylic acid groups (broad SMARTS) is 1. The summed E-state index contributed by atoms with van der Waals surface area (Å²) in [6, 6.07) is 5.93. The number of methoxy groups -OCH3 is 1. The molecule has 0 heterocycles. The van der Waals surface area contributed by atoms with E-state index in [-0.39, 0.29) is 11.5 Å². The van der Waals surface area contributed by atoms with Crippen LogP contribution < -0.4 is 5.32 Å². The topological polar surface area (TPSA) is 84.9 Å². The minimum absolute atomic E-state index is 0.0977. The number of ether oxygens (including phenoxy) is 2. The van der Waals surface area contributed by atoms with E-state index in [2.05, 4.69) is 5.32 Å². The first-order valence-electron chi connectivity index (χ1n) is 6.33. The lowest BCUT2D eigenvalue weighted by molar-refractivity contribution is 0.0688. The van der Waals surface area contributed by atoms with Gasteiger partial charge in [0, 0.05) is 25.8 Å². The molecule has 6 heteroatoms. The van der Waals surface area contributed by atoms with Crippen molar-refractivity contribution in [1.82, 2.24) is 5.32 Å². The second kappa shape index (κ2) is 9.06. The molecule has 20 heavy (non-hydrogen) atoms. The molecular weight excluding hydrogens is 262 g/mol. The van der Waals surface area contributed by atoms with Crippen molar-refractivity contribution >= 4 is 11.9 Å². The molecule has 0 unspecified atom stereocenters. The minimum atomic E-state index is -1.05. The summed E-state index contributed by atoms with van der Waals surface area (Å²) in [5, 5.41) is 11.6. The molecule has 1 amide bonds. The van der Waals surface area contributed by atoms with Crippen molar-refractivity contribution in [2.75, 3.05) is 33.5 Å². The van der Waals surface area contributed by atoms with Crippen LogP contribution >= 0.6 is 0 Å². The average Bonchev–Trinajstić information content (AvgIpc) is 2.46. The fraction of sp³-hybridized carbons (Fsp3) is 0.429. The van der Waals surface area contributed by atoms with E-state index in [0.717, 1.165) is 0 Å². The molecule has 0 aliphatic carbocycles. The lowest BCUT2D eigenvalue weighted by atomic mass is 10.1. The minimum Gasteiger partial charge on any atom is -0.478 e. The van der Waals surface area contributed by atoms with Crippen molar-refractivity contribution < 1.29 is 24.2 Å². The number of hydrogen-bond donors (Lipinski definition) is 2. The Morgan fingerprint density at radius 2 is 1.95 bits per heavy atom. The molecule has 2 N–H and O–H groups in total. The third-order valence-corrected chi connectivity index (χ3v) is 2.55. The molecule has 0 aliphatic heterocycles. The fourth-order valence-corrected chi connectivity index (χ4v) is 1.52. The van der Waals surface area contributed by atoms with Crippen molar-refractivity contribution in [3.05, 3.63) is 35.4 Å². The van der Waals surface area contributed by atoms with E-state index >= 15 is 0 Å². The maximum Gasteiger partial charge on any atom is 0.335 e. The molecule has 1 rings (SSSR count). The highest BCUT2D eigenvalue weighted by Crippen LogP contribution is 2.05. The van der Waals surface area contributed by atoms with Crippen molar-refractivity contribution in [2.45, 2.75) is 6.42 Å². The third-order valence-electron chi connectivity index (χ3n) is 2.55. The highest BCUT2D eigenvalue weighted by atomic mass is 16.5. The molecular formula is C14H19NO5. The van der Waals surface area contributed by atoms with Crippen molar-refractivity contribution in [3.63, 3.8) is 0 Å². The van der Waals surface area contributed by atoms with Gasteiger partial charge in [0.2, 0.25) is 0 Å². The number of carbonyl (C=O) groups excluding carboxylic acids is 1. The fourth-order valence-electron chi connectivity index (χ4n) is 1.52. The summed E-state index contributed by atoms with van der Waals surface area (Å²) in [6.45, 7) is 2.10. The van der Waals surface area contributed by atoms with Crippen molar-refractivity contribution in [1.29, 1.82) is 0 Å². The number of hydrogen-bond acceptors (Lipinski definition) is 4. The smallest absolute Gasteiger partial charge is 0.335 e. The summed E-state index contributed by atoms with van der Waals surface area (Å²) in [5.74, 6) is -1.34. The molecule has 1 aromatic rings. The number of amides is 1. The van der Waals surface area contributed by atoms with Gasteiger partial charge in [-0.15, -0.1) is 0 Å². The van der Waals surface area contributed by atoms with Gasteiger partial charge in [-0.2, -0.15) is 0 Å². The van der Waals surface area contributed by atoms with Gasteiger partial charge >= 0.3 is 5.97 Å². The zero-order chi connectivity index (χ0) is 14.8. The maximum atomic E-state index is 11.8. The number of carboxylic acids is 1. The summed E-state index contributed by atoms with van der Waals surface area (Å²) in [7, 11) is 1.61. The quantitative estimate of drug-likeness (QED) is 0.664. The molecule has 0 spiro atoms. The standard InChI is InChI=1S/C14H19NO5/c1-19-8-9-20-7-3-6-15-13(16)11-4-2-5-12(10-11)14(17)18/h2,4-5,10H,3,6-9H2,1H3,(H,15,16)(H,17,18). The molecule has 0 atom stereocenters. The lowest BCUT2D eigenvalue weighted by Crippen LogP contribution is -2.25. The van der Waals surface area contributed by atoms with Crippen LogP contribution in [-0.4, -0.2) is 50.5 Å². The van der Waals surface area contributed by atoms with Crippen LogP contribution in [-0.2, 0) is 9.47 Å². The summed E-state index contributed by atoms with van der Waals surface area (Å²) < 4.78 is 10.1. The van der Waals surface area contributed by atoms with Gasteiger partial charge in [0.15, 0.2) is 0 Å². The monoisotopic (exact) mass is 281 g/mol. The number of carbonyl (C=O) groups is 2. The van der Waals surface area contributed by atoms with Crippen LogP contribution in [0.5, 0.6) is 0 Å². The highest BCUT2D eigenvalue weighted by Gasteiger charge is 2.08. The Bertz CT molecular complexity index is 447. The van der Waals surface area contributed by atoms with Crippen LogP contribution in [0.1, 0.15) is 27.1 Å². The highest BCUT2D eigenvalue weighted by molar-refractivity contribution is 5.97. The molecule has 0 fully saturated rings. The maximum absolute atomic E-state index is 11.8. The molecule has 0 aliphatic rings. The van der Waals surface area contributed by atoms with Gasteiger partial charge in [0.1, 0.15) is 0 Å². The van der Waals surface area contributed by atoms with E-state index in [1.807, 2.05) is 0 Å². The van der Waals surface area contributed by atoms with Crippen LogP contribution in [0, 0.1) is 0 Å². The first kappa shape index (κ1) is 16.1. The zero-order valence-corrected chi connectivity index (χ0v) is 11.4.